The summed E-state index contributed by atoms with van der Waals surface area (Å²) in [5.74, 6) is -4.78. The third kappa shape index (κ3) is 2.95. The van der Waals surface area contributed by atoms with Crippen molar-refractivity contribution < 1.29 is 24.3 Å². The van der Waals surface area contributed by atoms with Crippen molar-refractivity contribution in [1.29, 1.82) is 0 Å². The standard InChI is InChI=1S/C28H20Cl2N2O5/c1-14(23(33)31-16-12-10-15(11-13-16)26(36)37)32-24(34)21-22(25(32)35)28(30)18-7-3-2-6-17(18)27(21,29)19-8-4-5-9-20(19)28/h2-14,21-22H,1H3,(H,31,33)(H,36,37)/t14-,21-,22-,27?,28?/m1/s1. The van der Waals surface area contributed by atoms with Crippen LogP contribution in [0.15, 0.2) is 72.8 Å². The maximum atomic E-state index is 13.9. The number of alkyl halides is 2. The van der Waals surface area contributed by atoms with Gasteiger partial charge in [0.2, 0.25) is 17.7 Å². The molecule has 2 bridgehead atoms. The maximum Gasteiger partial charge on any atom is 0.335 e. The number of hydrogen-bond donors (Lipinski definition) is 2. The Kier molecular flexibility index (Phi) is 5.07. The molecule has 37 heavy (non-hydrogen) atoms. The molecule has 1 heterocycles. The van der Waals surface area contributed by atoms with Gasteiger partial charge in [-0.3, -0.25) is 19.3 Å². The van der Waals surface area contributed by atoms with E-state index in [0.29, 0.717) is 27.9 Å². The number of carbonyl (C=O) groups excluding carboxylic acids is 3. The highest BCUT2D eigenvalue weighted by Crippen LogP contribution is 2.69. The summed E-state index contributed by atoms with van der Waals surface area (Å²) in [6.07, 6.45) is 0. The molecule has 3 atom stereocenters. The van der Waals surface area contributed by atoms with Gasteiger partial charge < -0.3 is 10.4 Å². The molecule has 9 heteroatoms. The number of aromatic carboxylic acids is 1. The van der Waals surface area contributed by atoms with E-state index >= 15 is 0 Å². The first-order valence-corrected chi connectivity index (χ1v) is 12.5. The molecule has 0 aromatic heterocycles. The molecular weight excluding hydrogens is 515 g/mol. The lowest BCUT2D eigenvalue weighted by Crippen LogP contribution is -2.57. The molecule has 1 saturated heterocycles. The Balaban J connectivity index is 1.40. The summed E-state index contributed by atoms with van der Waals surface area (Å²) in [4.78, 5) is 50.5. The minimum Gasteiger partial charge on any atom is -0.478 e. The van der Waals surface area contributed by atoms with Gasteiger partial charge in [0.15, 0.2) is 0 Å². The predicted molar refractivity (Wildman–Crippen MR) is 136 cm³/mol. The number of rotatable bonds is 4. The van der Waals surface area contributed by atoms with Crippen molar-refractivity contribution in [2.45, 2.75) is 22.7 Å². The summed E-state index contributed by atoms with van der Waals surface area (Å²) in [5, 5.41) is 11.7. The molecular formula is C28H20Cl2N2O5. The number of hydrogen-bond acceptors (Lipinski definition) is 4. The van der Waals surface area contributed by atoms with Gasteiger partial charge in [-0.15, -0.1) is 23.2 Å². The molecule has 3 aromatic carbocycles. The number of carboxylic acid groups (broad SMARTS) is 1. The van der Waals surface area contributed by atoms with Crippen LogP contribution in [0.25, 0.3) is 0 Å². The van der Waals surface area contributed by atoms with E-state index < -0.39 is 51.3 Å². The van der Waals surface area contributed by atoms with Gasteiger partial charge in [-0.2, -0.15) is 0 Å². The summed E-state index contributed by atoms with van der Waals surface area (Å²) in [6, 6.07) is 19.1. The Hall–Kier alpha value is -3.68. The quantitative estimate of drug-likeness (QED) is 0.383. The molecule has 1 fully saturated rings. The molecule has 3 aliphatic carbocycles. The molecule has 7 nitrogen and oxygen atoms in total. The number of benzene rings is 3. The number of likely N-dealkylation sites (tertiary alicyclic amines) is 1. The van der Waals surface area contributed by atoms with Crippen molar-refractivity contribution in [3.05, 3.63) is 101 Å². The first kappa shape index (κ1) is 23.7. The first-order chi connectivity index (χ1) is 17.6. The van der Waals surface area contributed by atoms with Crippen molar-refractivity contribution in [2.75, 3.05) is 5.32 Å². The summed E-state index contributed by atoms with van der Waals surface area (Å²) < 4.78 is 0. The summed E-state index contributed by atoms with van der Waals surface area (Å²) in [6.45, 7) is 1.47. The average molecular weight is 535 g/mol. The van der Waals surface area contributed by atoms with Crippen LogP contribution in [0.5, 0.6) is 0 Å². The molecule has 2 N–H and O–H groups in total. The highest BCUT2D eigenvalue weighted by Gasteiger charge is 2.73. The molecule has 3 aromatic rings. The van der Waals surface area contributed by atoms with Crippen LogP contribution in [0.3, 0.4) is 0 Å². The Morgan fingerprint density at radius 3 is 1.59 bits per heavy atom. The number of nitrogens with zero attached hydrogens (tertiary/aromatic N) is 1. The zero-order valence-corrected chi connectivity index (χ0v) is 21.0. The molecule has 4 aliphatic rings. The van der Waals surface area contributed by atoms with E-state index in [-0.39, 0.29) is 5.56 Å². The van der Waals surface area contributed by atoms with Gasteiger partial charge in [0.25, 0.3) is 0 Å². The van der Waals surface area contributed by atoms with Gasteiger partial charge in [0.05, 0.1) is 17.4 Å². The second-order valence-electron chi connectivity index (χ2n) is 9.56. The van der Waals surface area contributed by atoms with Crippen molar-refractivity contribution in [3.8, 4) is 0 Å². The van der Waals surface area contributed by atoms with Crippen molar-refractivity contribution in [2.24, 2.45) is 11.8 Å². The second kappa shape index (κ2) is 7.91. The number of imide groups is 1. The van der Waals surface area contributed by atoms with E-state index in [4.69, 9.17) is 28.3 Å². The Labute approximate surface area is 222 Å². The number of anilines is 1. The lowest BCUT2D eigenvalue weighted by Gasteiger charge is -2.54. The van der Waals surface area contributed by atoms with Crippen LogP contribution in [0.4, 0.5) is 5.69 Å². The lowest BCUT2D eigenvalue weighted by atomic mass is 9.54. The fraction of sp³-hybridized carbons (Fsp3) is 0.214. The van der Waals surface area contributed by atoms with E-state index in [1.54, 1.807) is 0 Å². The summed E-state index contributed by atoms with van der Waals surface area (Å²) in [5.41, 5.74) is 3.14. The topological polar surface area (TPSA) is 104 Å². The third-order valence-corrected chi connectivity index (χ3v) is 9.07. The molecule has 186 valence electrons. The fourth-order valence-corrected chi connectivity index (χ4v) is 7.23. The predicted octanol–water partition coefficient (Wildman–Crippen LogP) is 4.31. The van der Waals surface area contributed by atoms with Gasteiger partial charge in [0, 0.05) is 5.69 Å². The molecule has 1 aliphatic heterocycles. The second-order valence-corrected chi connectivity index (χ2v) is 10.8. The molecule has 0 radical (unpaired) electrons. The van der Waals surface area contributed by atoms with E-state index in [1.807, 2.05) is 48.5 Å². The lowest BCUT2D eigenvalue weighted by molar-refractivity contribution is -0.146. The van der Waals surface area contributed by atoms with Crippen LogP contribution in [0, 0.1) is 11.8 Å². The minimum atomic E-state index is -1.32. The highest BCUT2D eigenvalue weighted by molar-refractivity contribution is 6.36. The van der Waals surface area contributed by atoms with Crippen molar-refractivity contribution in [3.63, 3.8) is 0 Å². The maximum absolute atomic E-state index is 13.9. The van der Waals surface area contributed by atoms with Crippen LogP contribution in [-0.4, -0.2) is 39.7 Å². The van der Waals surface area contributed by atoms with Gasteiger partial charge in [-0.25, -0.2) is 4.79 Å². The van der Waals surface area contributed by atoms with E-state index in [1.165, 1.54) is 31.2 Å². The van der Waals surface area contributed by atoms with Gasteiger partial charge in [-0.05, 0) is 53.4 Å². The molecule has 7 rings (SSSR count). The first-order valence-electron chi connectivity index (χ1n) is 11.7. The minimum absolute atomic E-state index is 0.0643. The van der Waals surface area contributed by atoms with Gasteiger partial charge in [0.1, 0.15) is 15.8 Å². The zero-order valence-electron chi connectivity index (χ0n) is 19.4. The number of nitrogens with one attached hydrogen (secondary N) is 1. The van der Waals surface area contributed by atoms with E-state index in [0.717, 1.165) is 4.90 Å². The van der Waals surface area contributed by atoms with Crippen LogP contribution >= 0.6 is 23.2 Å². The van der Waals surface area contributed by atoms with E-state index in [9.17, 15) is 19.2 Å². The van der Waals surface area contributed by atoms with E-state index in [2.05, 4.69) is 5.32 Å². The van der Waals surface area contributed by atoms with Gasteiger partial charge >= 0.3 is 5.97 Å². The number of carboxylic acids is 1. The average Bonchev–Trinajstić information content (AvgIpc) is 3.18. The third-order valence-electron chi connectivity index (χ3n) is 7.79. The number of halogens is 2. The van der Waals surface area contributed by atoms with Crippen molar-refractivity contribution in [1.82, 2.24) is 4.90 Å². The highest BCUT2D eigenvalue weighted by atomic mass is 35.5. The molecule has 3 amide bonds. The van der Waals surface area contributed by atoms with Gasteiger partial charge in [-0.1, -0.05) is 48.5 Å². The van der Waals surface area contributed by atoms with Crippen molar-refractivity contribution >= 4 is 52.6 Å². The molecule has 0 spiro atoms. The Morgan fingerprint density at radius 2 is 1.22 bits per heavy atom. The monoisotopic (exact) mass is 534 g/mol. The van der Waals surface area contributed by atoms with Crippen LogP contribution in [0.2, 0.25) is 0 Å². The summed E-state index contributed by atoms with van der Waals surface area (Å²) in [7, 11) is 0. The zero-order chi connectivity index (χ0) is 26.3. The fourth-order valence-electron chi connectivity index (χ4n) is 6.13. The SMILES string of the molecule is C[C@H](C(=O)Nc1ccc(C(=O)O)cc1)N1C(=O)[C@H]2[C@H](C1=O)C1(Cl)c3ccccc3C2(Cl)c2ccccc21. The van der Waals surface area contributed by atoms with Crippen LogP contribution in [0.1, 0.15) is 39.5 Å². The molecule has 0 saturated carbocycles. The normalized spacial score (nSPS) is 27.8. The van der Waals surface area contributed by atoms with Crippen LogP contribution < -0.4 is 5.32 Å². The smallest absolute Gasteiger partial charge is 0.335 e. The molecule has 0 unspecified atom stereocenters. The summed E-state index contributed by atoms with van der Waals surface area (Å²) >= 11 is 14.8. The Morgan fingerprint density at radius 1 is 0.811 bits per heavy atom. The number of carbonyl (C=O) groups is 4. The number of amides is 3. The largest absolute Gasteiger partial charge is 0.478 e. The Bertz CT molecular complexity index is 1400. The van der Waals surface area contributed by atoms with Crippen LogP contribution in [-0.2, 0) is 24.1 Å².